The Labute approximate surface area is 302 Å². The molecule has 2 fully saturated rings. The minimum Gasteiger partial charge on any atom is -0.456 e. The van der Waals surface area contributed by atoms with Gasteiger partial charge in [0.15, 0.2) is 0 Å². The Bertz CT molecular complexity index is 2220. The van der Waals surface area contributed by atoms with Crippen LogP contribution in [-0.4, -0.2) is 0 Å². The molecule has 1 heterocycles. The molecule has 0 spiro atoms. The molecule has 9 rings (SSSR count). The second-order valence-corrected chi connectivity index (χ2v) is 15.0. The van der Waals surface area contributed by atoms with E-state index in [2.05, 4.69) is 150 Å². The highest BCUT2D eigenvalue weighted by Gasteiger charge is 2.34. The molecule has 0 saturated heterocycles. The second kappa shape index (κ2) is 13.9. The van der Waals surface area contributed by atoms with Gasteiger partial charge in [0.25, 0.3) is 0 Å². The lowest BCUT2D eigenvalue weighted by molar-refractivity contribution is 0.443. The lowest BCUT2D eigenvalue weighted by Crippen LogP contribution is -2.27. The maximum atomic E-state index is 6.62. The van der Waals surface area contributed by atoms with E-state index in [1.807, 2.05) is 0 Å². The highest BCUT2D eigenvalue weighted by atomic mass is 16.3. The van der Waals surface area contributed by atoms with Gasteiger partial charge in [-0.2, -0.15) is 0 Å². The van der Waals surface area contributed by atoms with Gasteiger partial charge < -0.3 is 9.32 Å². The zero-order chi connectivity index (χ0) is 34.0. The molecule has 0 atom stereocenters. The molecule has 254 valence electrons. The third-order valence-corrected chi connectivity index (χ3v) is 12.0. The smallest absolute Gasteiger partial charge is 0.137 e. The number of furan rings is 1. The first kappa shape index (κ1) is 31.9. The quantitative estimate of drug-likeness (QED) is 0.158. The van der Waals surface area contributed by atoms with Crippen LogP contribution in [0.2, 0.25) is 0 Å². The van der Waals surface area contributed by atoms with Crippen molar-refractivity contribution in [1.29, 1.82) is 0 Å². The predicted molar refractivity (Wildman–Crippen MR) is 215 cm³/mol. The Morgan fingerprint density at radius 3 is 1.80 bits per heavy atom. The second-order valence-electron chi connectivity index (χ2n) is 15.0. The number of benzene rings is 6. The molecular formula is C49H47NO. The van der Waals surface area contributed by atoms with Crippen LogP contribution in [-0.2, 0) is 5.41 Å². The van der Waals surface area contributed by atoms with E-state index in [-0.39, 0.29) is 5.41 Å². The van der Waals surface area contributed by atoms with Crippen LogP contribution in [0.5, 0.6) is 0 Å². The summed E-state index contributed by atoms with van der Waals surface area (Å²) in [5.74, 6) is 0.681. The number of nitrogens with zero attached hydrogens (tertiary/aromatic N) is 1. The first-order valence-corrected chi connectivity index (χ1v) is 19.3. The Hall–Kier alpha value is -5.08. The van der Waals surface area contributed by atoms with E-state index < -0.39 is 0 Å². The summed E-state index contributed by atoms with van der Waals surface area (Å²) in [4.78, 5) is 2.42. The number of rotatable bonds is 7. The molecule has 7 aromatic rings. The van der Waals surface area contributed by atoms with Gasteiger partial charge in [-0.1, -0.05) is 142 Å². The standard InChI is InChI=1S/C49H47NO/c1-2-13-34-49(33-12-1,39-19-10-5-11-20-39)40-25-29-42(30-26-40)50(41-27-23-37(24-28-41)36-15-6-3-7-16-36)43-31-32-45-47(35-43)51-46-22-14-21-44(48(45)46)38-17-8-4-9-18-38/h4-5,8-11,14,17-32,35-36H,1-3,6-7,12-13,15-16,33-34H2. The van der Waals surface area contributed by atoms with Gasteiger partial charge in [-0.15, -0.1) is 0 Å². The molecule has 0 amide bonds. The Kier molecular flexibility index (Phi) is 8.69. The topological polar surface area (TPSA) is 16.4 Å². The van der Waals surface area contributed by atoms with Crippen LogP contribution in [0, 0.1) is 0 Å². The van der Waals surface area contributed by atoms with Crippen molar-refractivity contribution < 1.29 is 4.42 Å². The predicted octanol–water partition coefficient (Wildman–Crippen LogP) is 14.4. The van der Waals surface area contributed by atoms with Crippen LogP contribution < -0.4 is 4.90 Å². The van der Waals surface area contributed by atoms with E-state index in [0.717, 1.165) is 22.2 Å². The minimum atomic E-state index is 0.0619. The molecule has 2 aliphatic rings. The van der Waals surface area contributed by atoms with Crippen LogP contribution in [0.15, 0.2) is 150 Å². The molecule has 0 radical (unpaired) electrons. The molecule has 0 bridgehead atoms. The number of hydrogen-bond donors (Lipinski definition) is 0. The SMILES string of the molecule is c1ccc(-c2cccc3oc4cc(N(c5ccc(C6CCCCC6)cc5)c5ccc(C6(c7ccccc7)CCCCCC6)cc5)ccc4c23)cc1. The highest BCUT2D eigenvalue weighted by Crippen LogP contribution is 2.46. The molecule has 51 heavy (non-hydrogen) atoms. The van der Waals surface area contributed by atoms with Crippen molar-refractivity contribution in [3.05, 3.63) is 162 Å². The van der Waals surface area contributed by atoms with Gasteiger partial charge in [-0.05, 0) is 102 Å². The lowest BCUT2D eigenvalue weighted by atomic mass is 9.69. The van der Waals surface area contributed by atoms with Gasteiger partial charge in [-0.3, -0.25) is 0 Å². The molecule has 2 saturated carbocycles. The fourth-order valence-electron chi connectivity index (χ4n) is 9.35. The van der Waals surface area contributed by atoms with E-state index in [1.54, 1.807) is 0 Å². The van der Waals surface area contributed by atoms with Gasteiger partial charge in [0.2, 0.25) is 0 Å². The third kappa shape index (κ3) is 6.05. The molecule has 0 N–H and O–H groups in total. The van der Waals surface area contributed by atoms with E-state index in [1.165, 1.54) is 115 Å². The van der Waals surface area contributed by atoms with E-state index in [9.17, 15) is 0 Å². The monoisotopic (exact) mass is 665 g/mol. The largest absolute Gasteiger partial charge is 0.456 e. The van der Waals surface area contributed by atoms with Crippen molar-refractivity contribution >= 4 is 39.0 Å². The number of hydrogen-bond acceptors (Lipinski definition) is 2. The van der Waals surface area contributed by atoms with Gasteiger partial charge in [0.05, 0.1) is 0 Å². The highest BCUT2D eigenvalue weighted by molar-refractivity contribution is 6.13. The molecule has 0 unspecified atom stereocenters. The van der Waals surface area contributed by atoms with E-state index in [0.29, 0.717) is 5.92 Å². The van der Waals surface area contributed by atoms with Crippen LogP contribution in [0.1, 0.15) is 93.2 Å². The third-order valence-electron chi connectivity index (χ3n) is 12.0. The van der Waals surface area contributed by atoms with Crippen molar-refractivity contribution in [2.45, 2.75) is 82.0 Å². The summed E-state index contributed by atoms with van der Waals surface area (Å²) in [5.41, 5.74) is 12.1. The lowest BCUT2D eigenvalue weighted by Gasteiger charge is -2.35. The molecule has 2 heteroatoms. The summed E-state index contributed by atoms with van der Waals surface area (Å²) >= 11 is 0. The molecule has 2 aliphatic carbocycles. The van der Waals surface area contributed by atoms with Crippen LogP contribution in [0.3, 0.4) is 0 Å². The number of fused-ring (bicyclic) bond motifs is 3. The van der Waals surface area contributed by atoms with E-state index >= 15 is 0 Å². The molecular weight excluding hydrogens is 619 g/mol. The van der Waals surface area contributed by atoms with Gasteiger partial charge in [-0.25, -0.2) is 0 Å². The zero-order valence-electron chi connectivity index (χ0n) is 29.6. The fraction of sp³-hybridized carbons (Fsp3) is 0.265. The van der Waals surface area contributed by atoms with Crippen molar-refractivity contribution in [1.82, 2.24) is 0 Å². The van der Waals surface area contributed by atoms with Crippen molar-refractivity contribution in [2.75, 3.05) is 4.90 Å². The summed E-state index contributed by atoms with van der Waals surface area (Å²) in [5, 5.41) is 2.32. The maximum Gasteiger partial charge on any atom is 0.137 e. The van der Waals surface area contributed by atoms with Crippen LogP contribution in [0.4, 0.5) is 17.1 Å². The zero-order valence-corrected chi connectivity index (χ0v) is 29.6. The van der Waals surface area contributed by atoms with Gasteiger partial charge in [0.1, 0.15) is 11.2 Å². The van der Waals surface area contributed by atoms with Gasteiger partial charge in [0, 0.05) is 39.3 Å². The first-order chi connectivity index (χ1) is 25.3. The Morgan fingerprint density at radius 1 is 0.490 bits per heavy atom. The molecule has 0 aliphatic heterocycles. The van der Waals surface area contributed by atoms with Crippen LogP contribution >= 0.6 is 0 Å². The molecule has 6 aromatic carbocycles. The average molecular weight is 666 g/mol. The number of anilines is 3. The molecule has 1 aromatic heterocycles. The van der Waals surface area contributed by atoms with Crippen LogP contribution in [0.25, 0.3) is 33.1 Å². The van der Waals surface area contributed by atoms with Gasteiger partial charge >= 0.3 is 0 Å². The Morgan fingerprint density at radius 2 is 1.10 bits per heavy atom. The summed E-state index contributed by atoms with van der Waals surface area (Å²) in [6.45, 7) is 0. The summed E-state index contributed by atoms with van der Waals surface area (Å²) < 4.78 is 6.62. The van der Waals surface area contributed by atoms with Crippen molar-refractivity contribution in [2.24, 2.45) is 0 Å². The fourth-order valence-corrected chi connectivity index (χ4v) is 9.35. The summed E-state index contributed by atoms with van der Waals surface area (Å²) in [6, 6.07) is 54.1. The van der Waals surface area contributed by atoms with Crippen molar-refractivity contribution in [3.8, 4) is 11.1 Å². The minimum absolute atomic E-state index is 0.0619. The van der Waals surface area contributed by atoms with E-state index in [4.69, 9.17) is 4.42 Å². The normalized spacial score (nSPS) is 16.6. The Balaban J connectivity index is 1.15. The summed E-state index contributed by atoms with van der Waals surface area (Å²) in [6.07, 6.45) is 14.3. The average Bonchev–Trinajstić information content (AvgIpc) is 3.39. The summed E-state index contributed by atoms with van der Waals surface area (Å²) in [7, 11) is 0. The first-order valence-electron chi connectivity index (χ1n) is 19.3. The maximum absolute atomic E-state index is 6.62. The van der Waals surface area contributed by atoms with Crippen molar-refractivity contribution in [3.63, 3.8) is 0 Å². The molecule has 2 nitrogen and oxygen atoms in total.